The molecule has 0 spiro atoms. The highest BCUT2D eigenvalue weighted by atomic mass is 16.3. The lowest BCUT2D eigenvalue weighted by molar-refractivity contribution is -0.130. The van der Waals surface area contributed by atoms with Crippen LogP contribution < -0.4 is 0 Å². The Hall–Kier alpha value is -1.82. The average Bonchev–Trinajstić information content (AvgIpc) is 2.92. The van der Waals surface area contributed by atoms with E-state index in [0.717, 1.165) is 0 Å². The number of likely N-dealkylation sites (N-methyl/N-ethyl adjacent to an activating group) is 1. The minimum absolute atomic E-state index is 0.0800. The monoisotopic (exact) mass is 265 g/mol. The zero-order chi connectivity index (χ0) is 13.8. The second-order valence-corrected chi connectivity index (χ2v) is 4.83. The van der Waals surface area contributed by atoms with E-state index >= 15 is 0 Å². The summed E-state index contributed by atoms with van der Waals surface area (Å²) in [7, 11) is 3.50. The van der Waals surface area contributed by atoms with Crippen molar-refractivity contribution in [1.82, 2.24) is 14.7 Å². The Morgan fingerprint density at radius 1 is 1.26 bits per heavy atom. The maximum absolute atomic E-state index is 12.0. The molecular weight excluding hydrogens is 246 g/mol. The standard InChI is InChI=1S/C13H19N3O3/c1-14(2)12(17)10-15-5-7-16(8-6-15)13(18)11-4-3-9-19-11/h3-4,9H,5-8,10H2,1-2H3. The van der Waals surface area contributed by atoms with Gasteiger partial charge in [-0.05, 0) is 12.1 Å². The number of hydrogen-bond donors (Lipinski definition) is 0. The molecule has 0 radical (unpaired) electrons. The van der Waals surface area contributed by atoms with Crippen LogP contribution in [0.4, 0.5) is 0 Å². The SMILES string of the molecule is CN(C)C(=O)CN1CCN(C(=O)c2ccco2)CC1. The fourth-order valence-corrected chi connectivity index (χ4v) is 2.00. The van der Waals surface area contributed by atoms with E-state index in [-0.39, 0.29) is 11.8 Å². The zero-order valence-electron chi connectivity index (χ0n) is 11.3. The van der Waals surface area contributed by atoms with Gasteiger partial charge in [0, 0.05) is 40.3 Å². The minimum Gasteiger partial charge on any atom is -0.459 e. The second kappa shape index (κ2) is 5.88. The molecule has 0 aromatic carbocycles. The lowest BCUT2D eigenvalue weighted by Gasteiger charge is -2.34. The zero-order valence-corrected chi connectivity index (χ0v) is 11.3. The number of nitrogens with zero attached hydrogens (tertiary/aromatic N) is 3. The molecule has 1 fully saturated rings. The molecule has 1 aliphatic rings. The number of carbonyl (C=O) groups is 2. The van der Waals surface area contributed by atoms with E-state index in [2.05, 4.69) is 4.90 Å². The van der Waals surface area contributed by atoms with Crippen molar-refractivity contribution in [3.63, 3.8) is 0 Å². The Morgan fingerprint density at radius 3 is 2.47 bits per heavy atom. The Morgan fingerprint density at radius 2 is 1.95 bits per heavy atom. The molecule has 0 saturated carbocycles. The van der Waals surface area contributed by atoms with Crippen molar-refractivity contribution in [2.24, 2.45) is 0 Å². The van der Waals surface area contributed by atoms with Crippen molar-refractivity contribution in [3.05, 3.63) is 24.2 Å². The van der Waals surface area contributed by atoms with Crippen LogP contribution in [-0.4, -0.2) is 73.3 Å². The van der Waals surface area contributed by atoms with Crippen LogP contribution in [0.25, 0.3) is 0 Å². The van der Waals surface area contributed by atoms with E-state index in [1.807, 2.05) is 0 Å². The van der Waals surface area contributed by atoms with Gasteiger partial charge in [0.1, 0.15) is 0 Å². The summed E-state index contributed by atoms with van der Waals surface area (Å²) in [6.45, 7) is 3.09. The third kappa shape index (κ3) is 3.35. The van der Waals surface area contributed by atoms with Crippen LogP contribution >= 0.6 is 0 Å². The van der Waals surface area contributed by atoms with Gasteiger partial charge in [-0.2, -0.15) is 0 Å². The quantitative estimate of drug-likeness (QED) is 0.779. The molecule has 6 heteroatoms. The van der Waals surface area contributed by atoms with Gasteiger partial charge in [0.25, 0.3) is 5.91 Å². The van der Waals surface area contributed by atoms with Gasteiger partial charge < -0.3 is 14.2 Å². The van der Waals surface area contributed by atoms with E-state index in [1.165, 1.54) is 6.26 Å². The first-order chi connectivity index (χ1) is 9.08. The summed E-state index contributed by atoms with van der Waals surface area (Å²) in [5.41, 5.74) is 0. The fourth-order valence-electron chi connectivity index (χ4n) is 2.00. The lowest BCUT2D eigenvalue weighted by Crippen LogP contribution is -2.50. The van der Waals surface area contributed by atoms with Crippen molar-refractivity contribution in [1.29, 1.82) is 0 Å². The van der Waals surface area contributed by atoms with E-state index in [0.29, 0.717) is 38.5 Å². The molecule has 0 bridgehead atoms. The summed E-state index contributed by atoms with van der Waals surface area (Å²) in [5.74, 6) is 0.382. The minimum atomic E-state index is -0.0800. The molecule has 104 valence electrons. The van der Waals surface area contributed by atoms with Gasteiger partial charge >= 0.3 is 0 Å². The third-order valence-corrected chi connectivity index (χ3v) is 3.25. The number of amides is 2. The number of piperazine rings is 1. The van der Waals surface area contributed by atoms with E-state index in [1.54, 1.807) is 36.0 Å². The summed E-state index contributed by atoms with van der Waals surface area (Å²) in [6, 6.07) is 3.38. The Bertz CT molecular complexity index is 434. The molecule has 2 amide bonds. The second-order valence-electron chi connectivity index (χ2n) is 4.83. The third-order valence-electron chi connectivity index (χ3n) is 3.25. The van der Waals surface area contributed by atoms with Gasteiger partial charge in [0.15, 0.2) is 5.76 Å². The summed E-state index contributed by atoms with van der Waals surface area (Å²) in [5, 5.41) is 0. The summed E-state index contributed by atoms with van der Waals surface area (Å²) < 4.78 is 5.11. The fraction of sp³-hybridized carbons (Fsp3) is 0.538. The van der Waals surface area contributed by atoms with Gasteiger partial charge in [-0.1, -0.05) is 0 Å². The Kier molecular flexibility index (Phi) is 4.21. The predicted octanol–water partition coefficient (Wildman–Crippen LogP) is 0.126. The molecule has 2 rings (SSSR count). The molecule has 0 N–H and O–H groups in total. The van der Waals surface area contributed by atoms with E-state index in [4.69, 9.17) is 4.42 Å². The van der Waals surface area contributed by atoms with Crippen LogP contribution in [0.2, 0.25) is 0 Å². The topological polar surface area (TPSA) is 57.0 Å². The number of carbonyl (C=O) groups excluding carboxylic acids is 2. The average molecular weight is 265 g/mol. The van der Waals surface area contributed by atoms with Crippen molar-refractivity contribution in [2.75, 3.05) is 46.8 Å². The molecule has 1 aromatic heterocycles. The van der Waals surface area contributed by atoms with Crippen molar-refractivity contribution < 1.29 is 14.0 Å². The number of hydrogen-bond acceptors (Lipinski definition) is 4. The van der Waals surface area contributed by atoms with Crippen LogP contribution in [0.5, 0.6) is 0 Å². The van der Waals surface area contributed by atoms with Crippen molar-refractivity contribution >= 4 is 11.8 Å². The van der Waals surface area contributed by atoms with Crippen LogP contribution in [0.3, 0.4) is 0 Å². The first-order valence-corrected chi connectivity index (χ1v) is 6.33. The van der Waals surface area contributed by atoms with Gasteiger partial charge in [0.05, 0.1) is 12.8 Å². The largest absolute Gasteiger partial charge is 0.459 e. The lowest BCUT2D eigenvalue weighted by atomic mass is 10.3. The van der Waals surface area contributed by atoms with E-state index < -0.39 is 0 Å². The molecule has 2 heterocycles. The summed E-state index contributed by atoms with van der Waals surface area (Å²) in [6.07, 6.45) is 1.50. The number of furan rings is 1. The smallest absolute Gasteiger partial charge is 0.289 e. The van der Waals surface area contributed by atoms with Crippen molar-refractivity contribution in [2.45, 2.75) is 0 Å². The van der Waals surface area contributed by atoms with Gasteiger partial charge in [-0.15, -0.1) is 0 Å². The summed E-state index contributed by atoms with van der Waals surface area (Å²) in [4.78, 5) is 29.0. The maximum Gasteiger partial charge on any atom is 0.289 e. The van der Waals surface area contributed by atoms with Gasteiger partial charge in [0.2, 0.25) is 5.91 Å². The highest BCUT2D eigenvalue weighted by molar-refractivity contribution is 5.91. The van der Waals surface area contributed by atoms with Gasteiger partial charge in [-0.25, -0.2) is 0 Å². The predicted molar refractivity (Wildman–Crippen MR) is 69.7 cm³/mol. The first kappa shape index (κ1) is 13.6. The molecule has 6 nitrogen and oxygen atoms in total. The van der Waals surface area contributed by atoms with E-state index in [9.17, 15) is 9.59 Å². The molecule has 1 saturated heterocycles. The highest BCUT2D eigenvalue weighted by Crippen LogP contribution is 2.09. The van der Waals surface area contributed by atoms with Crippen LogP contribution in [0.15, 0.2) is 22.8 Å². The maximum atomic E-state index is 12.0. The normalized spacial score (nSPS) is 16.4. The molecular formula is C13H19N3O3. The molecule has 0 unspecified atom stereocenters. The molecule has 1 aliphatic heterocycles. The van der Waals surface area contributed by atoms with Crippen molar-refractivity contribution in [3.8, 4) is 0 Å². The number of rotatable bonds is 3. The molecule has 1 aromatic rings. The Labute approximate surface area is 112 Å². The van der Waals surface area contributed by atoms with Crippen LogP contribution in [0.1, 0.15) is 10.6 Å². The van der Waals surface area contributed by atoms with Gasteiger partial charge in [-0.3, -0.25) is 14.5 Å². The Balaban J connectivity index is 1.82. The van der Waals surface area contributed by atoms with Crippen LogP contribution in [0, 0.1) is 0 Å². The molecule has 0 aliphatic carbocycles. The molecule has 19 heavy (non-hydrogen) atoms. The first-order valence-electron chi connectivity index (χ1n) is 6.33. The van der Waals surface area contributed by atoms with Crippen LogP contribution in [-0.2, 0) is 4.79 Å². The summed E-state index contributed by atoms with van der Waals surface area (Å²) >= 11 is 0. The highest BCUT2D eigenvalue weighted by Gasteiger charge is 2.24. The molecule has 0 atom stereocenters.